The normalized spacial score (nSPS) is 22.3. The van der Waals surface area contributed by atoms with Crippen molar-refractivity contribution in [2.24, 2.45) is 0 Å². The number of carbonyl (C=O) groups is 2. The van der Waals surface area contributed by atoms with Gasteiger partial charge in [-0.25, -0.2) is 4.79 Å². The predicted octanol–water partition coefficient (Wildman–Crippen LogP) is 5.12. The Balaban J connectivity index is 1.59. The fraction of sp³-hybridized carbons (Fsp3) is 0.357. The zero-order chi connectivity index (χ0) is 23.8. The molecule has 3 atom stereocenters. The number of ketones is 1. The zero-order valence-electron chi connectivity index (χ0n) is 19.7. The van der Waals surface area contributed by atoms with Gasteiger partial charge in [-0.15, -0.1) is 0 Å². The average molecular weight is 460 g/mol. The molecule has 2 aromatic carbocycles. The Bertz CT molecular complexity index is 1200. The number of esters is 1. The highest BCUT2D eigenvalue weighted by atomic mass is 16.7. The van der Waals surface area contributed by atoms with E-state index >= 15 is 0 Å². The lowest BCUT2D eigenvalue weighted by Gasteiger charge is -2.37. The molecule has 0 amide bonds. The van der Waals surface area contributed by atoms with E-state index < -0.39 is 11.9 Å². The van der Waals surface area contributed by atoms with Gasteiger partial charge >= 0.3 is 5.97 Å². The molecular formula is C28H29NO5. The van der Waals surface area contributed by atoms with Gasteiger partial charge in [0.1, 0.15) is 0 Å². The van der Waals surface area contributed by atoms with Crippen LogP contribution in [0, 0.1) is 0 Å². The van der Waals surface area contributed by atoms with Gasteiger partial charge in [-0.05, 0) is 55.9 Å². The summed E-state index contributed by atoms with van der Waals surface area (Å²) in [6, 6.07) is 15.8. The second-order valence-corrected chi connectivity index (χ2v) is 9.16. The van der Waals surface area contributed by atoms with Gasteiger partial charge in [0.15, 0.2) is 17.3 Å². The van der Waals surface area contributed by atoms with Gasteiger partial charge in [0.2, 0.25) is 6.79 Å². The zero-order valence-corrected chi connectivity index (χ0v) is 19.7. The summed E-state index contributed by atoms with van der Waals surface area (Å²) in [6.07, 6.45) is 1.60. The van der Waals surface area contributed by atoms with Crippen LogP contribution in [0.1, 0.15) is 63.0 Å². The van der Waals surface area contributed by atoms with E-state index in [4.69, 9.17) is 14.2 Å². The number of hydrogen-bond donors (Lipinski definition) is 1. The number of benzene rings is 2. The molecule has 0 saturated carbocycles. The molecule has 2 heterocycles. The first-order chi connectivity index (χ1) is 16.5. The topological polar surface area (TPSA) is 73.9 Å². The third-order valence-corrected chi connectivity index (χ3v) is 6.93. The van der Waals surface area contributed by atoms with Crippen LogP contribution in [0.4, 0.5) is 0 Å². The van der Waals surface area contributed by atoms with Crippen LogP contribution in [0.3, 0.4) is 0 Å². The first kappa shape index (κ1) is 22.3. The van der Waals surface area contributed by atoms with Crippen molar-refractivity contribution < 1.29 is 23.8 Å². The molecule has 2 aliphatic heterocycles. The van der Waals surface area contributed by atoms with Gasteiger partial charge in [0.25, 0.3) is 0 Å². The number of dihydropyridines is 1. The van der Waals surface area contributed by atoms with Crippen LogP contribution in [-0.4, -0.2) is 24.6 Å². The molecule has 1 aliphatic carbocycles. The summed E-state index contributed by atoms with van der Waals surface area (Å²) in [5.41, 5.74) is 4.69. The maximum Gasteiger partial charge on any atom is 0.337 e. The van der Waals surface area contributed by atoms with Crippen molar-refractivity contribution in [3.8, 4) is 11.5 Å². The van der Waals surface area contributed by atoms with Crippen molar-refractivity contribution in [2.45, 2.75) is 58.0 Å². The third kappa shape index (κ3) is 3.98. The highest BCUT2D eigenvalue weighted by Gasteiger charge is 2.42. The average Bonchev–Trinajstić information content (AvgIpc) is 3.31. The molecule has 6 nitrogen and oxygen atoms in total. The number of ether oxygens (including phenoxy) is 3. The molecule has 3 aliphatic rings. The number of fused-ring (bicyclic) bond motifs is 1. The maximum absolute atomic E-state index is 13.7. The Labute approximate surface area is 199 Å². The summed E-state index contributed by atoms with van der Waals surface area (Å²) in [6.45, 7) is 5.89. The minimum Gasteiger partial charge on any atom is -0.459 e. The van der Waals surface area contributed by atoms with E-state index in [1.54, 1.807) is 0 Å². The van der Waals surface area contributed by atoms with Gasteiger partial charge in [-0.2, -0.15) is 0 Å². The molecule has 6 heteroatoms. The van der Waals surface area contributed by atoms with Crippen molar-refractivity contribution in [3.05, 3.63) is 82.2 Å². The molecule has 176 valence electrons. The van der Waals surface area contributed by atoms with Crippen LogP contribution >= 0.6 is 0 Å². The fourth-order valence-electron chi connectivity index (χ4n) is 5.03. The molecule has 2 aromatic rings. The number of rotatable bonds is 5. The van der Waals surface area contributed by atoms with E-state index in [0.29, 0.717) is 41.9 Å². The van der Waals surface area contributed by atoms with Crippen LogP contribution in [0.25, 0.3) is 0 Å². The largest absolute Gasteiger partial charge is 0.459 e. The second kappa shape index (κ2) is 9.01. The molecule has 0 aromatic heterocycles. The van der Waals surface area contributed by atoms with Crippen LogP contribution in [0.5, 0.6) is 11.5 Å². The summed E-state index contributed by atoms with van der Waals surface area (Å²) in [5, 5.41) is 3.40. The number of carbonyl (C=O) groups excluding carboxylic acids is 2. The monoisotopic (exact) mass is 459 g/mol. The smallest absolute Gasteiger partial charge is 0.337 e. The fourth-order valence-corrected chi connectivity index (χ4v) is 5.03. The van der Waals surface area contributed by atoms with Crippen LogP contribution in [0.2, 0.25) is 0 Å². The summed E-state index contributed by atoms with van der Waals surface area (Å²) < 4.78 is 16.8. The molecule has 0 fully saturated rings. The molecule has 0 spiro atoms. The summed E-state index contributed by atoms with van der Waals surface area (Å²) in [7, 11) is 0. The number of nitrogens with one attached hydrogen (secondary N) is 1. The van der Waals surface area contributed by atoms with E-state index in [0.717, 1.165) is 22.5 Å². The Morgan fingerprint density at radius 2 is 1.85 bits per heavy atom. The predicted molar refractivity (Wildman–Crippen MR) is 127 cm³/mol. The van der Waals surface area contributed by atoms with E-state index in [-0.39, 0.29) is 24.6 Å². The lowest BCUT2D eigenvalue weighted by atomic mass is 9.71. The molecule has 1 N–H and O–H groups in total. The summed E-state index contributed by atoms with van der Waals surface area (Å²) >= 11 is 0. The maximum atomic E-state index is 13.7. The Kier molecular flexibility index (Phi) is 5.90. The quantitative estimate of drug-likeness (QED) is 0.626. The number of hydrogen-bond acceptors (Lipinski definition) is 6. The molecule has 0 unspecified atom stereocenters. The van der Waals surface area contributed by atoms with Crippen molar-refractivity contribution in [1.29, 1.82) is 0 Å². The van der Waals surface area contributed by atoms with E-state index in [9.17, 15) is 9.59 Å². The summed E-state index contributed by atoms with van der Waals surface area (Å²) in [5.74, 6) is 0.509. The lowest BCUT2D eigenvalue weighted by Crippen LogP contribution is -2.36. The molecule has 34 heavy (non-hydrogen) atoms. The van der Waals surface area contributed by atoms with Gasteiger partial charge in [0.05, 0.1) is 11.7 Å². The Morgan fingerprint density at radius 1 is 1.09 bits per heavy atom. The van der Waals surface area contributed by atoms with Crippen LogP contribution in [0.15, 0.2) is 71.1 Å². The minimum atomic E-state index is -0.522. The van der Waals surface area contributed by atoms with Crippen molar-refractivity contribution in [1.82, 2.24) is 5.32 Å². The van der Waals surface area contributed by atoms with Crippen molar-refractivity contribution in [3.63, 3.8) is 0 Å². The van der Waals surface area contributed by atoms with Gasteiger partial charge in [-0.1, -0.05) is 43.3 Å². The number of Topliss-reactive ketones (excluding diaryl/α,β-unsaturated/α-hetero) is 1. The highest BCUT2D eigenvalue weighted by molar-refractivity contribution is 6.04. The first-order valence-corrected chi connectivity index (χ1v) is 11.9. The Morgan fingerprint density at radius 3 is 2.62 bits per heavy atom. The van der Waals surface area contributed by atoms with Crippen molar-refractivity contribution in [2.75, 3.05) is 6.79 Å². The second-order valence-electron chi connectivity index (χ2n) is 9.16. The molecule has 5 rings (SSSR count). The van der Waals surface area contributed by atoms with Crippen LogP contribution < -0.4 is 14.8 Å². The highest BCUT2D eigenvalue weighted by Crippen LogP contribution is 2.47. The lowest BCUT2D eigenvalue weighted by molar-refractivity contribution is -0.144. The Hall–Kier alpha value is -3.54. The minimum absolute atomic E-state index is 0.0478. The summed E-state index contributed by atoms with van der Waals surface area (Å²) in [4.78, 5) is 27.0. The van der Waals surface area contributed by atoms with Gasteiger partial charge in [0, 0.05) is 29.3 Å². The molecule has 0 radical (unpaired) electrons. The SMILES string of the molecule is CC[C@H](C)OC(=O)C1=C(C)NC2=C(C(=O)C[C@H](c3ccccc3)C2)[C@@H]1c1ccc2c(c1)OCO2. The van der Waals surface area contributed by atoms with Crippen LogP contribution in [-0.2, 0) is 14.3 Å². The standard InChI is InChI=1S/C28H29NO5/c1-4-16(2)34-28(31)25-17(3)29-21-12-20(18-8-6-5-7-9-18)13-22(30)27(21)26(25)19-10-11-23-24(14-19)33-15-32-23/h5-11,14,16,20,26,29H,4,12-13,15H2,1-3H3/t16-,20+,26+/m0/s1. The van der Waals surface area contributed by atoms with Crippen molar-refractivity contribution >= 4 is 11.8 Å². The van der Waals surface area contributed by atoms with E-state index in [1.807, 2.05) is 57.2 Å². The molecule has 0 saturated heterocycles. The third-order valence-electron chi connectivity index (χ3n) is 6.93. The van der Waals surface area contributed by atoms with E-state index in [1.165, 1.54) is 0 Å². The van der Waals surface area contributed by atoms with Gasteiger partial charge < -0.3 is 19.5 Å². The first-order valence-electron chi connectivity index (χ1n) is 11.9. The van der Waals surface area contributed by atoms with E-state index in [2.05, 4.69) is 17.4 Å². The van der Waals surface area contributed by atoms with Gasteiger partial charge in [-0.3, -0.25) is 4.79 Å². The molecular weight excluding hydrogens is 430 g/mol. The number of allylic oxidation sites excluding steroid dienone is 3. The molecule has 0 bridgehead atoms.